The van der Waals surface area contributed by atoms with Crippen molar-refractivity contribution in [2.24, 2.45) is 5.92 Å². The molecule has 2 rings (SSSR count). The van der Waals surface area contributed by atoms with E-state index in [4.69, 9.17) is 0 Å². The maximum absolute atomic E-state index is 12.3. The van der Waals surface area contributed by atoms with E-state index in [0.29, 0.717) is 17.0 Å². The van der Waals surface area contributed by atoms with Gasteiger partial charge in [0.25, 0.3) is 0 Å². The van der Waals surface area contributed by atoms with Gasteiger partial charge in [0.1, 0.15) is 0 Å². The third-order valence-electron chi connectivity index (χ3n) is 3.14. The summed E-state index contributed by atoms with van der Waals surface area (Å²) in [5.41, 5.74) is 1.32. The Morgan fingerprint density at radius 3 is 2.36 bits per heavy atom. The Labute approximate surface area is 160 Å². The quantitative estimate of drug-likeness (QED) is 0.494. The summed E-state index contributed by atoms with van der Waals surface area (Å²) in [5, 5.41) is 11.0. The number of anilines is 1. The molecule has 134 valence electrons. The molecule has 1 N–H and O–H groups in total. The summed E-state index contributed by atoms with van der Waals surface area (Å²) in [5.74, 6) is 1.26. The minimum Gasteiger partial charge on any atom is -0.326 e. The molecule has 1 aromatic heterocycles. The highest BCUT2D eigenvalue weighted by Crippen LogP contribution is 2.29. The van der Waals surface area contributed by atoms with Crippen LogP contribution in [0.3, 0.4) is 0 Å². The third-order valence-corrected chi connectivity index (χ3v) is 6.54. The van der Waals surface area contributed by atoms with Crippen molar-refractivity contribution < 1.29 is 9.59 Å². The highest BCUT2D eigenvalue weighted by molar-refractivity contribution is 8.03. The number of carbonyl (C=O) groups excluding carboxylic acids is 2. The smallest absolute Gasteiger partial charge is 0.226 e. The number of nitrogens with zero attached hydrogens (tertiary/aromatic N) is 2. The van der Waals surface area contributed by atoms with E-state index in [-0.39, 0.29) is 17.6 Å². The van der Waals surface area contributed by atoms with Crippen molar-refractivity contribution in [2.45, 2.75) is 35.9 Å². The maximum Gasteiger partial charge on any atom is 0.226 e. The third kappa shape index (κ3) is 6.45. The van der Waals surface area contributed by atoms with Crippen molar-refractivity contribution in [1.82, 2.24) is 10.2 Å². The molecule has 1 heterocycles. The molecule has 0 saturated carbocycles. The van der Waals surface area contributed by atoms with Gasteiger partial charge in [0.05, 0.1) is 5.75 Å². The van der Waals surface area contributed by atoms with Crippen LogP contribution in [0.4, 0.5) is 5.69 Å². The summed E-state index contributed by atoms with van der Waals surface area (Å²) in [6, 6.07) is 6.98. The predicted octanol–water partition coefficient (Wildman–Crippen LogP) is 4.61. The number of thioether (sulfide) groups is 2. The second-order valence-electron chi connectivity index (χ2n) is 5.62. The highest BCUT2D eigenvalue weighted by atomic mass is 32.2. The van der Waals surface area contributed by atoms with Crippen molar-refractivity contribution in [1.29, 1.82) is 0 Å². The zero-order valence-electron chi connectivity index (χ0n) is 14.4. The van der Waals surface area contributed by atoms with E-state index in [1.807, 2.05) is 13.8 Å². The fraction of sp³-hybridized carbons (Fsp3) is 0.412. The van der Waals surface area contributed by atoms with E-state index in [0.717, 1.165) is 20.9 Å². The van der Waals surface area contributed by atoms with E-state index >= 15 is 0 Å². The molecule has 0 saturated heterocycles. The van der Waals surface area contributed by atoms with Crippen molar-refractivity contribution in [3.8, 4) is 0 Å². The Hall–Kier alpha value is -1.38. The molecule has 25 heavy (non-hydrogen) atoms. The molecule has 0 unspecified atom stereocenters. The molecule has 0 aliphatic heterocycles. The van der Waals surface area contributed by atoms with E-state index in [1.165, 1.54) is 23.1 Å². The number of aromatic nitrogens is 2. The predicted molar refractivity (Wildman–Crippen MR) is 106 cm³/mol. The number of Topliss-reactive ketones (excluding diaryl/α,β-unsaturated/α-hetero) is 1. The number of amides is 1. The lowest BCUT2D eigenvalue weighted by atomic mass is 10.1. The van der Waals surface area contributed by atoms with E-state index < -0.39 is 0 Å². The fourth-order valence-corrected chi connectivity index (χ4v) is 4.58. The SMILES string of the molecule is CCCSc1nnc(SCC(=O)c2ccc(NC(=O)C(C)C)cc2)s1. The Morgan fingerprint density at radius 1 is 1.12 bits per heavy atom. The molecular formula is C17H21N3O2S3. The molecule has 2 aromatic rings. The normalized spacial score (nSPS) is 10.9. The summed E-state index contributed by atoms with van der Waals surface area (Å²) in [6.45, 7) is 5.80. The molecule has 0 radical (unpaired) electrons. The molecule has 5 nitrogen and oxygen atoms in total. The molecule has 1 aromatic carbocycles. The molecule has 0 atom stereocenters. The maximum atomic E-state index is 12.3. The average molecular weight is 396 g/mol. The Bertz CT molecular complexity index is 714. The number of carbonyl (C=O) groups is 2. The van der Waals surface area contributed by atoms with E-state index in [9.17, 15) is 9.59 Å². The zero-order valence-corrected chi connectivity index (χ0v) is 16.9. The number of rotatable bonds is 9. The van der Waals surface area contributed by atoms with Gasteiger partial charge >= 0.3 is 0 Å². The molecule has 0 fully saturated rings. The highest BCUT2D eigenvalue weighted by Gasteiger charge is 2.11. The minimum atomic E-state index is -0.0787. The van der Waals surface area contributed by atoms with Gasteiger partial charge in [-0.2, -0.15) is 0 Å². The van der Waals surface area contributed by atoms with Crippen LogP contribution in [-0.4, -0.2) is 33.4 Å². The number of benzene rings is 1. The van der Waals surface area contributed by atoms with Crippen molar-refractivity contribution in [3.63, 3.8) is 0 Å². The molecule has 1 amide bonds. The molecule has 0 aliphatic carbocycles. The van der Waals surface area contributed by atoms with Gasteiger partial charge < -0.3 is 5.32 Å². The first-order chi connectivity index (χ1) is 12.0. The van der Waals surface area contributed by atoms with Gasteiger partial charge in [-0.3, -0.25) is 9.59 Å². The molecule has 0 spiro atoms. The second kappa shape index (κ2) is 9.94. The van der Waals surface area contributed by atoms with Crippen LogP contribution in [0.25, 0.3) is 0 Å². The summed E-state index contributed by atoms with van der Waals surface area (Å²) in [7, 11) is 0. The lowest BCUT2D eigenvalue weighted by Gasteiger charge is -2.08. The number of nitrogens with one attached hydrogen (secondary N) is 1. The Balaban J connectivity index is 1.86. The second-order valence-corrected chi connectivity index (χ2v) is 9.16. The topological polar surface area (TPSA) is 72.0 Å². The summed E-state index contributed by atoms with van der Waals surface area (Å²) in [6.07, 6.45) is 1.10. The fourth-order valence-electron chi connectivity index (χ4n) is 1.74. The monoisotopic (exact) mass is 395 g/mol. The first kappa shape index (κ1) is 19.9. The Morgan fingerprint density at radius 2 is 1.76 bits per heavy atom. The van der Waals surface area contributed by atoms with Gasteiger partial charge in [-0.1, -0.05) is 55.6 Å². The van der Waals surface area contributed by atoms with Crippen LogP contribution in [0.15, 0.2) is 32.9 Å². The van der Waals surface area contributed by atoms with Crippen LogP contribution in [0, 0.1) is 5.92 Å². The van der Waals surface area contributed by atoms with Crippen molar-refractivity contribution in [2.75, 3.05) is 16.8 Å². The molecular weight excluding hydrogens is 374 g/mol. The van der Waals surface area contributed by atoms with Crippen LogP contribution < -0.4 is 5.32 Å². The van der Waals surface area contributed by atoms with Crippen LogP contribution in [0.1, 0.15) is 37.6 Å². The number of ketones is 1. The van der Waals surface area contributed by atoms with Crippen LogP contribution in [0.5, 0.6) is 0 Å². The lowest BCUT2D eigenvalue weighted by Crippen LogP contribution is -2.17. The van der Waals surface area contributed by atoms with Gasteiger partial charge in [-0.05, 0) is 30.7 Å². The lowest BCUT2D eigenvalue weighted by molar-refractivity contribution is -0.118. The Kier molecular flexibility index (Phi) is 7.92. The van der Waals surface area contributed by atoms with Gasteiger partial charge in [0.15, 0.2) is 14.5 Å². The van der Waals surface area contributed by atoms with Gasteiger partial charge in [-0.15, -0.1) is 10.2 Å². The molecule has 0 aliphatic rings. The van der Waals surface area contributed by atoms with E-state index in [1.54, 1.807) is 36.0 Å². The van der Waals surface area contributed by atoms with Crippen LogP contribution >= 0.6 is 34.9 Å². The van der Waals surface area contributed by atoms with Crippen molar-refractivity contribution in [3.05, 3.63) is 29.8 Å². The molecule has 8 heteroatoms. The minimum absolute atomic E-state index is 0.0321. The largest absolute Gasteiger partial charge is 0.326 e. The summed E-state index contributed by atoms with van der Waals surface area (Å²) < 4.78 is 1.76. The van der Waals surface area contributed by atoms with Gasteiger partial charge in [0, 0.05) is 22.9 Å². The van der Waals surface area contributed by atoms with Crippen LogP contribution in [-0.2, 0) is 4.79 Å². The number of hydrogen-bond acceptors (Lipinski definition) is 7. The van der Waals surface area contributed by atoms with Gasteiger partial charge in [0.2, 0.25) is 5.91 Å². The number of hydrogen-bond donors (Lipinski definition) is 1. The first-order valence-corrected chi connectivity index (χ1v) is 10.8. The van der Waals surface area contributed by atoms with Crippen LogP contribution in [0.2, 0.25) is 0 Å². The standard InChI is InChI=1S/C17H21N3O2S3/c1-4-9-23-16-19-20-17(25-16)24-10-14(21)12-5-7-13(8-6-12)18-15(22)11(2)3/h5-8,11H,4,9-10H2,1-3H3,(H,18,22). The summed E-state index contributed by atoms with van der Waals surface area (Å²) >= 11 is 4.63. The zero-order chi connectivity index (χ0) is 18.2. The van der Waals surface area contributed by atoms with Gasteiger partial charge in [-0.25, -0.2) is 0 Å². The molecule has 0 bridgehead atoms. The van der Waals surface area contributed by atoms with Crippen molar-refractivity contribution >= 4 is 52.2 Å². The first-order valence-electron chi connectivity index (χ1n) is 8.02. The van der Waals surface area contributed by atoms with E-state index in [2.05, 4.69) is 22.4 Å². The summed E-state index contributed by atoms with van der Waals surface area (Å²) in [4.78, 5) is 23.9. The average Bonchev–Trinajstić information content (AvgIpc) is 3.06.